The number of pyridine rings is 1. The van der Waals surface area contributed by atoms with Crippen LogP contribution in [0.5, 0.6) is 0 Å². The molecule has 2 rings (SSSR count). The molecule has 4 heteroatoms. The molecule has 0 fully saturated rings. The van der Waals surface area contributed by atoms with Gasteiger partial charge in [-0.1, -0.05) is 19.1 Å². The number of hydrogen-bond donors (Lipinski definition) is 2. The minimum Gasteiger partial charge on any atom is -0.350 e. The van der Waals surface area contributed by atoms with E-state index in [1.807, 2.05) is 31.2 Å². The number of nitrogens with one attached hydrogen (secondary N) is 1. The summed E-state index contributed by atoms with van der Waals surface area (Å²) in [5, 5.41) is 3.71. The maximum atomic E-state index is 12.1. The Morgan fingerprint density at radius 3 is 3.00 bits per heavy atom. The van der Waals surface area contributed by atoms with Crippen LogP contribution >= 0.6 is 0 Å². The standard InChI is InChI=1S/C14H17N3O/c1-2-10(15)9-17-14(18)12-5-3-7-13-11(12)6-4-8-16-13/h3-8,10H,2,9,15H2,1H3,(H,17,18). The van der Waals surface area contributed by atoms with Gasteiger partial charge in [-0.05, 0) is 24.6 Å². The monoisotopic (exact) mass is 243 g/mol. The van der Waals surface area contributed by atoms with E-state index in [0.29, 0.717) is 12.1 Å². The van der Waals surface area contributed by atoms with Gasteiger partial charge in [-0.15, -0.1) is 0 Å². The van der Waals surface area contributed by atoms with Crippen LogP contribution in [-0.2, 0) is 0 Å². The second-order valence-corrected chi connectivity index (χ2v) is 4.25. The Morgan fingerprint density at radius 1 is 1.39 bits per heavy atom. The van der Waals surface area contributed by atoms with Crippen molar-refractivity contribution in [2.24, 2.45) is 5.73 Å². The first-order valence-electron chi connectivity index (χ1n) is 6.10. The molecule has 1 aromatic carbocycles. The van der Waals surface area contributed by atoms with Crippen LogP contribution in [0.4, 0.5) is 0 Å². The largest absolute Gasteiger partial charge is 0.350 e. The molecule has 1 atom stereocenters. The number of hydrogen-bond acceptors (Lipinski definition) is 3. The Labute approximate surface area is 106 Å². The van der Waals surface area contributed by atoms with Crippen molar-refractivity contribution in [3.05, 3.63) is 42.1 Å². The van der Waals surface area contributed by atoms with Gasteiger partial charge in [0.1, 0.15) is 0 Å². The molecule has 2 aromatic rings. The lowest BCUT2D eigenvalue weighted by molar-refractivity contribution is 0.0952. The minimum absolute atomic E-state index is 0.00190. The van der Waals surface area contributed by atoms with Gasteiger partial charge in [-0.3, -0.25) is 9.78 Å². The molecular weight excluding hydrogens is 226 g/mol. The fourth-order valence-corrected chi connectivity index (χ4v) is 1.76. The number of rotatable bonds is 4. The number of carbonyl (C=O) groups excluding carboxylic acids is 1. The summed E-state index contributed by atoms with van der Waals surface area (Å²) in [5.74, 6) is -0.0995. The van der Waals surface area contributed by atoms with Crippen LogP contribution in [0, 0.1) is 0 Å². The van der Waals surface area contributed by atoms with E-state index in [2.05, 4.69) is 10.3 Å². The highest BCUT2D eigenvalue weighted by atomic mass is 16.1. The van der Waals surface area contributed by atoms with Gasteiger partial charge >= 0.3 is 0 Å². The normalized spacial score (nSPS) is 12.3. The van der Waals surface area contributed by atoms with Crippen molar-refractivity contribution in [2.75, 3.05) is 6.54 Å². The van der Waals surface area contributed by atoms with Crippen molar-refractivity contribution in [2.45, 2.75) is 19.4 Å². The molecular formula is C14H17N3O. The van der Waals surface area contributed by atoms with Gasteiger partial charge in [0, 0.05) is 29.7 Å². The molecule has 1 aromatic heterocycles. The summed E-state index contributed by atoms with van der Waals surface area (Å²) in [6, 6.07) is 9.26. The number of nitrogens with zero attached hydrogens (tertiary/aromatic N) is 1. The topological polar surface area (TPSA) is 68.0 Å². The third-order valence-corrected chi connectivity index (χ3v) is 2.94. The van der Waals surface area contributed by atoms with Crippen molar-refractivity contribution in [3.63, 3.8) is 0 Å². The molecule has 0 spiro atoms. The summed E-state index contributed by atoms with van der Waals surface area (Å²) < 4.78 is 0. The summed E-state index contributed by atoms with van der Waals surface area (Å²) in [6.07, 6.45) is 2.56. The molecule has 94 valence electrons. The molecule has 0 radical (unpaired) electrons. The highest BCUT2D eigenvalue weighted by molar-refractivity contribution is 6.06. The van der Waals surface area contributed by atoms with Crippen LogP contribution in [0.1, 0.15) is 23.7 Å². The van der Waals surface area contributed by atoms with Crippen LogP contribution in [0.3, 0.4) is 0 Å². The maximum Gasteiger partial charge on any atom is 0.252 e. The molecule has 18 heavy (non-hydrogen) atoms. The quantitative estimate of drug-likeness (QED) is 0.858. The summed E-state index contributed by atoms with van der Waals surface area (Å²) in [5.41, 5.74) is 7.25. The van der Waals surface area contributed by atoms with Crippen LogP contribution < -0.4 is 11.1 Å². The average Bonchev–Trinajstić information content (AvgIpc) is 2.43. The predicted molar refractivity (Wildman–Crippen MR) is 72.3 cm³/mol. The fourth-order valence-electron chi connectivity index (χ4n) is 1.76. The molecule has 0 saturated heterocycles. The van der Waals surface area contributed by atoms with E-state index in [0.717, 1.165) is 17.3 Å². The van der Waals surface area contributed by atoms with Gasteiger partial charge in [-0.2, -0.15) is 0 Å². The lowest BCUT2D eigenvalue weighted by Gasteiger charge is -2.11. The Morgan fingerprint density at radius 2 is 2.22 bits per heavy atom. The maximum absolute atomic E-state index is 12.1. The van der Waals surface area contributed by atoms with Gasteiger partial charge in [0.05, 0.1) is 5.52 Å². The predicted octanol–water partition coefficient (Wildman–Crippen LogP) is 1.70. The van der Waals surface area contributed by atoms with Crippen molar-refractivity contribution in [1.82, 2.24) is 10.3 Å². The molecule has 0 aliphatic heterocycles. The van der Waals surface area contributed by atoms with Gasteiger partial charge in [0.25, 0.3) is 5.91 Å². The third kappa shape index (κ3) is 2.65. The van der Waals surface area contributed by atoms with E-state index < -0.39 is 0 Å². The van der Waals surface area contributed by atoms with Crippen molar-refractivity contribution in [1.29, 1.82) is 0 Å². The van der Waals surface area contributed by atoms with E-state index in [1.165, 1.54) is 0 Å². The van der Waals surface area contributed by atoms with Crippen LogP contribution in [0.2, 0.25) is 0 Å². The Hall–Kier alpha value is -1.94. The van der Waals surface area contributed by atoms with Crippen LogP contribution in [-0.4, -0.2) is 23.5 Å². The van der Waals surface area contributed by atoms with Gasteiger partial charge in [0.15, 0.2) is 0 Å². The number of benzene rings is 1. The smallest absolute Gasteiger partial charge is 0.252 e. The third-order valence-electron chi connectivity index (χ3n) is 2.94. The van der Waals surface area contributed by atoms with Gasteiger partial charge in [-0.25, -0.2) is 0 Å². The van der Waals surface area contributed by atoms with Crippen molar-refractivity contribution < 1.29 is 4.79 Å². The summed E-state index contributed by atoms with van der Waals surface area (Å²) in [6.45, 7) is 2.49. The summed E-state index contributed by atoms with van der Waals surface area (Å²) in [7, 11) is 0. The van der Waals surface area contributed by atoms with E-state index in [1.54, 1.807) is 12.3 Å². The zero-order valence-corrected chi connectivity index (χ0v) is 10.4. The number of aromatic nitrogens is 1. The van der Waals surface area contributed by atoms with Gasteiger partial charge < -0.3 is 11.1 Å². The molecule has 4 nitrogen and oxygen atoms in total. The molecule has 3 N–H and O–H groups in total. The number of amides is 1. The molecule has 1 amide bonds. The molecule has 1 unspecified atom stereocenters. The first kappa shape index (κ1) is 12.5. The first-order chi connectivity index (χ1) is 8.72. The van der Waals surface area contributed by atoms with Crippen LogP contribution in [0.25, 0.3) is 10.9 Å². The lowest BCUT2D eigenvalue weighted by atomic mass is 10.1. The Kier molecular flexibility index (Phi) is 3.89. The average molecular weight is 243 g/mol. The minimum atomic E-state index is -0.0995. The Balaban J connectivity index is 2.22. The first-order valence-corrected chi connectivity index (χ1v) is 6.10. The highest BCUT2D eigenvalue weighted by Crippen LogP contribution is 2.16. The van der Waals surface area contributed by atoms with E-state index >= 15 is 0 Å². The van der Waals surface area contributed by atoms with E-state index in [-0.39, 0.29) is 11.9 Å². The summed E-state index contributed by atoms with van der Waals surface area (Å²) >= 11 is 0. The lowest BCUT2D eigenvalue weighted by Crippen LogP contribution is -2.36. The Bertz CT molecular complexity index is 548. The summed E-state index contributed by atoms with van der Waals surface area (Å²) in [4.78, 5) is 16.3. The number of nitrogens with two attached hydrogens (primary N) is 1. The molecule has 0 aliphatic carbocycles. The number of carbonyl (C=O) groups is 1. The van der Waals surface area contributed by atoms with Crippen molar-refractivity contribution in [3.8, 4) is 0 Å². The fraction of sp³-hybridized carbons (Fsp3) is 0.286. The number of fused-ring (bicyclic) bond motifs is 1. The SMILES string of the molecule is CCC(N)CNC(=O)c1cccc2ncccc12. The van der Waals surface area contributed by atoms with Crippen LogP contribution in [0.15, 0.2) is 36.5 Å². The molecule has 0 aliphatic rings. The van der Waals surface area contributed by atoms with E-state index in [9.17, 15) is 4.79 Å². The zero-order chi connectivity index (χ0) is 13.0. The highest BCUT2D eigenvalue weighted by Gasteiger charge is 2.10. The second kappa shape index (κ2) is 5.60. The zero-order valence-electron chi connectivity index (χ0n) is 10.4. The van der Waals surface area contributed by atoms with E-state index in [4.69, 9.17) is 5.73 Å². The molecule has 0 bridgehead atoms. The molecule has 0 saturated carbocycles. The molecule has 1 heterocycles. The van der Waals surface area contributed by atoms with Crippen molar-refractivity contribution >= 4 is 16.8 Å². The van der Waals surface area contributed by atoms with Gasteiger partial charge in [0.2, 0.25) is 0 Å². The second-order valence-electron chi connectivity index (χ2n) is 4.25.